The van der Waals surface area contributed by atoms with Crippen molar-refractivity contribution < 1.29 is 27.5 Å². The highest BCUT2D eigenvalue weighted by atomic mass is 19.4. The van der Waals surface area contributed by atoms with Crippen molar-refractivity contribution in [3.05, 3.63) is 23.8 Å². The molecule has 2 aliphatic heterocycles. The summed E-state index contributed by atoms with van der Waals surface area (Å²) in [7, 11) is 1.77. The number of morpholine rings is 1. The van der Waals surface area contributed by atoms with E-state index in [4.69, 9.17) is 4.74 Å². The van der Waals surface area contributed by atoms with E-state index >= 15 is 0 Å². The van der Waals surface area contributed by atoms with Gasteiger partial charge in [0, 0.05) is 46.2 Å². The first-order valence-electron chi connectivity index (χ1n) is 10.4. The van der Waals surface area contributed by atoms with Crippen molar-refractivity contribution in [3.63, 3.8) is 0 Å². The lowest BCUT2D eigenvalue weighted by molar-refractivity contribution is -0.137. The normalized spacial score (nSPS) is 18.7. The van der Waals surface area contributed by atoms with Crippen LogP contribution in [0.1, 0.15) is 25.3 Å². The molecule has 1 N–H and O–H groups in total. The number of benzene rings is 1. The lowest BCUT2D eigenvalue weighted by atomic mass is 10.0. The monoisotopic (exact) mass is 442 g/mol. The Morgan fingerprint density at radius 3 is 2.39 bits per heavy atom. The maximum absolute atomic E-state index is 13.2. The molecule has 2 aliphatic rings. The Morgan fingerprint density at radius 2 is 1.81 bits per heavy atom. The van der Waals surface area contributed by atoms with Gasteiger partial charge in [-0.2, -0.15) is 13.2 Å². The van der Waals surface area contributed by atoms with Gasteiger partial charge in [0.05, 0.1) is 36.7 Å². The number of rotatable bonds is 5. The van der Waals surface area contributed by atoms with Crippen LogP contribution in [0.15, 0.2) is 18.2 Å². The molecular weight excluding hydrogens is 413 g/mol. The Balaban J connectivity index is 1.66. The van der Waals surface area contributed by atoms with Gasteiger partial charge in [-0.25, -0.2) is 0 Å². The van der Waals surface area contributed by atoms with Crippen molar-refractivity contribution in [2.24, 2.45) is 0 Å². The van der Waals surface area contributed by atoms with Crippen molar-refractivity contribution in [2.75, 3.05) is 63.2 Å². The highest BCUT2D eigenvalue weighted by molar-refractivity contribution is 5.95. The van der Waals surface area contributed by atoms with E-state index in [2.05, 4.69) is 5.32 Å². The number of nitrogens with zero attached hydrogens (tertiary/aromatic N) is 3. The fraction of sp³-hybridized carbons (Fsp3) is 0.619. The zero-order valence-corrected chi connectivity index (χ0v) is 17.9. The molecule has 31 heavy (non-hydrogen) atoms. The lowest BCUT2D eigenvalue weighted by Gasteiger charge is -2.36. The second-order valence-electron chi connectivity index (χ2n) is 8.01. The minimum absolute atomic E-state index is 0.0105. The van der Waals surface area contributed by atoms with Gasteiger partial charge in [-0.1, -0.05) is 0 Å². The second-order valence-corrected chi connectivity index (χ2v) is 8.01. The summed E-state index contributed by atoms with van der Waals surface area (Å²) in [6, 6.07) is 3.59. The minimum Gasteiger partial charge on any atom is -0.378 e. The Labute approximate surface area is 180 Å². The summed E-state index contributed by atoms with van der Waals surface area (Å²) in [6.07, 6.45) is -2.98. The third-order valence-corrected chi connectivity index (χ3v) is 5.92. The maximum atomic E-state index is 13.2. The number of alkyl halides is 3. The maximum Gasteiger partial charge on any atom is 0.416 e. The van der Waals surface area contributed by atoms with Crippen LogP contribution < -0.4 is 10.2 Å². The van der Waals surface area contributed by atoms with Crippen LogP contribution in [0, 0.1) is 0 Å². The molecule has 10 heteroatoms. The molecule has 0 aliphatic carbocycles. The molecule has 0 radical (unpaired) electrons. The number of anilines is 2. The van der Waals surface area contributed by atoms with Crippen molar-refractivity contribution in [1.82, 2.24) is 9.80 Å². The van der Waals surface area contributed by atoms with Gasteiger partial charge in [-0.3, -0.25) is 14.5 Å². The van der Waals surface area contributed by atoms with Crippen molar-refractivity contribution in [2.45, 2.75) is 32.0 Å². The molecular formula is C21H29F3N4O3. The zero-order chi connectivity index (χ0) is 22.6. The zero-order valence-electron chi connectivity index (χ0n) is 17.9. The first kappa shape index (κ1) is 23.3. The second kappa shape index (κ2) is 9.86. The van der Waals surface area contributed by atoms with E-state index in [9.17, 15) is 22.8 Å². The Morgan fingerprint density at radius 1 is 1.16 bits per heavy atom. The summed E-state index contributed by atoms with van der Waals surface area (Å²) >= 11 is 0. The van der Waals surface area contributed by atoms with Crippen molar-refractivity contribution in [1.29, 1.82) is 0 Å². The van der Waals surface area contributed by atoms with E-state index in [0.717, 1.165) is 25.0 Å². The minimum atomic E-state index is -4.49. The van der Waals surface area contributed by atoms with Crippen molar-refractivity contribution in [3.8, 4) is 0 Å². The van der Waals surface area contributed by atoms with Crippen molar-refractivity contribution >= 4 is 23.2 Å². The molecule has 0 aromatic heterocycles. The molecule has 0 spiro atoms. The van der Waals surface area contributed by atoms with Gasteiger partial charge < -0.3 is 19.9 Å². The van der Waals surface area contributed by atoms with Crippen LogP contribution in [-0.2, 0) is 20.5 Å². The Hall–Kier alpha value is -2.33. The molecule has 172 valence electrons. The summed E-state index contributed by atoms with van der Waals surface area (Å²) in [5.74, 6) is -0.344. The Kier molecular flexibility index (Phi) is 7.42. The van der Waals surface area contributed by atoms with Gasteiger partial charge in [0.1, 0.15) is 0 Å². The fourth-order valence-corrected chi connectivity index (χ4v) is 4.01. The van der Waals surface area contributed by atoms with E-state index < -0.39 is 11.7 Å². The molecule has 0 unspecified atom stereocenters. The van der Waals surface area contributed by atoms with Crippen LogP contribution in [0.4, 0.5) is 24.5 Å². The number of hydrogen-bond donors (Lipinski definition) is 1. The third-order valence-electron chi connectivity index (χ3n) is 5.92. The number of halogens is 3. The van der Waals surface area contributed by atoms with Crippen LogP contribution in [-0.4, -0.2) is 80.6 Å². The van der Waals surface area contributed by atoms with Gasteiger partial charge >= 0.3 is 6.18 Å². The van der Waals surface area contributed by atoms with Crippen LogP contribution in [0.5, 0.6) is 0 Å². The molecule has 0 bridgehead atoms. The number of likely N-dealkylation sites (tertiary alicyclic amines) is 1. The number of ether oxygens (including phenoxy) is 1. The molecule has 1 aromatic rings. The first-order valence-corrected chi connectivity index (χ1v) is 10.4. The van der Waals surface area contributed by atoms with E-state index in [1.54, 1.807) is 11.9 Å². The molecule has 0 atom stereocenters. The number of piperidine rings is 1. The highest BCUT2D eigenvalue weighted by Gasteiger charge is 2.32. The average molecular weight is 442 g/mol. The number of nitrogens with one attached hydrogen (secondary N) is 1. The summed E-state index contributed by atoms with van der Waals surface area (Å²) in [5, 5.41) is 2.69. The molecule has 1 aromatic carbocycles. The van der Waals surface area contributed by atoms with Gasteiger partial charge in [-0.15, -0.1) is 0 Å². The van der Waals surface area contributed by atoms with E-state index in [0.29, 0.717) is 45.1 Å². The van der Waals surface area contributed by atoms with Gasteiger partial charge in [0.2, 0.25) is 11.8 Å². The topological polar surface area (TPSA) is 65.1 Å². The molecule has 2 fully saturated rings. The summed E-state index contributed by atoms with van der Waals surface area (Å²) in [6.45, 7) is 4.98. The molecule has 0 saturated carbocycles. The third kappa shape index (κ3) is 6.10. The SMILES string of the molecule is CC(=O)N(C)C1CCN(CC(=O)Nc2cc(C(F)(F)F)ccc2N2CCOCC2)CC1. The van der Waals surface area contributed by atoms with E-state index in [1.807, 2.05) is 9.80 Å². The van der Waals surface area contributed by atoms with Gasteiger partial charge in [-0.05, 0) is 31.0 Å². The standard InChI is InChI=1S/C21H29F3N4O3/c1-15(29)26(2)17-5-7-27(8-6-17)14-20(30)25-18-13-16(21(22,23)24)3-4-19(18)28-9-11-31-12-10-28/h3-4,13,17H,5-12,14H2,1-2H3,(H,25,30). The molecule has 7 nitrogen and oxygen atoms in total. The predicted octanol–water partition coefficient (Wildman–Crippen LogP) is 2.42. The summed E-state index contributed by atoms with van der Waals surface area (Å²) in [5.41, 5.74) is -0.0766. The van der Waals surface area contributed by atoms with Gasteiger partial charge in [0.15, 0.2) is 0 Å². The number of amides is 2. The molecule has 3 rings (SSSR count). The average Bonchev–Trinajstić information content (AvgIpc) is 2.73. The Bertz CT molecular complexity index is 789. The van der Waals surface area contributed by atoms with E-state index in [-0.39, 0.29) is 30.1 Å². The van der Waals surface area contributed by atoms with Crippen LogP contribution in [0.25, 0.3) is 0 Å². The first-order chi connectivity index (χ1) is 14.6. The van der Waals surface area contributed by atoms with Crippen LogP contribution in [0.2, 0.25) is 0 Å². The van der Waals surface area contributed by atoms with Crippen LogP contribution in [0.3, 0.4) is 0 Å². The predicted molar refractivity (Wildman–Crippen MR) is 111 cm³/mol. The largest absolute Gasteiger partial charge is 0.416 e. The number of carbonyl (C=O) groups excluding carboxylic acids is 2. The summed E-state index contributed by atoms with van der Waals surface area (Å²) < 4.78 is 45.0. The molecule has 2 amide bonds. The lowest BCUT2D eigenvalue weighted by Crippen LogP contribution is -2.46. The van der Waals surface area contributed by atoms with E-state index in [1.165, 1.54) is 13.0 Å². The number of hydrogen-bond acceptors (Lipinski definition) is 5. The molecule has 2 saturated heterocycles. The smallest absolute Gasteiger partial charge is 0.378 e. The highest BCUT2D eigenvalue weighted by Crippen LogP contribution is 2.35. The molecule has 2 heterocycles. The fourth-order valence-electron chi connectivity index (χ4n) is 4.01. The quantitative estimate of drug-likeness (QED) is 0.759. The van der Waals surface area contributed by atoms with Crippen LogP contribution >= 0.6 is 0 Å². The summed E-state index contributed by atoms with van der Waals surface area (Å²) in [4.78, 5) is 29.8. The van der Waals surface area contributed by atoms with Gasteiger partial charge in [0.25, 0.3) is 0 Å². The number of carbonyl (C=O) groups is 2.